The quantitative estimate of drug-likeness (QED) is 0.763. The molecule has 1 aliphatic heterocycles. The highest BCUT2D eigenvalue weighted by Gasteiger charge is 2.32. The molecule has 6 heteroatoms. The van der Waals surface area contributed by atoms with Gasteiger partial charge in [0.1, 0.15) is 0 Å². The molecule has 1 aromatic rings. The predicted octanol–water partition coefficient (Wildman–Crippen LogP) is 0.0523. The van der Waals surface area contributed by atoms with Crippen LogP contribution in [0.15, 0.2) is 4.60 Å². The fraction of sp³-hybridized carbons (Fsp3) is 0.714. The molecular weight excluding hydrogens is 238 g/mol. The molecule has 5 nitrogen and oxygen atoms in total. The first-order valence-corrected chi connectivity index (χ1v) is 4.80. The third kappa shape index (κ3) is 1.49. The van der Waals surface area contributed by atoms with Crippen LogP contribution in [0.4, 0.5) is 0 Å². The van der Waals surface area contributed by atoms with E-state index in [1.54, 1.807) is 11.7 Å². The summed E-state index contributed by atoms with van der Waals surface area (Å²) in [6, 6.07) is 0. The van der Waals surface area contributed by atoms with E-state index in [0.717, 1.165) is 5.69 Å². The molecule has 0 spiro atoms. The van der Waals surface area contributed by atoms with Crippen LogP contribution in [0.3, 0.4) is 0 Å². The zero-order valence-electron chi connectivity index (χ0n) is 7.14. The van der Waals surface area contributed by atoms with Gasteiger partial charge >= 0.3 is 0 Å². The molecule has 2 rings (SSSR count). The van der Waals surface area contributed by atoms with Crippen LogP contribution in [0, 0.1) is 0 Å². The number of aromatic nitrogens is 3. The van der Waals surface area contributed by atoms with Gasteiger partial charge in [0.25, 0.3) is 0 Å². The Balaban J connectivity index is 2.33. The number of ether oxygens (including phenoxy) is 1. The van der Waals surface area contributed by atoms with Crippen LogP contribution >= 0.6 is 15.9 Å². The third-order valence-electron chi connectivity index (χ3n) is 2.23. The fourth-order valence-electron chi connectivity index (χ4n) is 1.54. The Bertz CT molecular complexity index is 295. The highest BCUT2D eigenvalue weighted by atomic mass is 79.9. The molecule has 2 unspecified atom stereocenters. The average molecular weight is 248 g/mol. The SMILES string of the molecule is Cn1nnc(Br)c1C1COCC1O. The highest BCUT2D eigenvalue weighted by molar-refractivity contribution is 9.10. The first-order valence-electron chi connectivity index (χ1n) is 4.01. The fourth-order valence-corrected chi connectivity index (χ4v) is 2.16. The molecular formula is C7H10BrN3O2. The number of aryl methyl sites for hydroxylation is 1. The van der Waals surface area contributed by atoms with Crippen LogP contribution in [0.5, 0.6) is 0 Å². The second kappa shape index (κ2) is 3.36. The third-order valence-corrected chi connectivity index (χ3v) is 2.79. The lowest BCUT2D eigenvalue weighted by Crippen LogP contribution is -2.18. The monoisotopic (exact) mass is 247 g/mol. The van der Waals surface area contributed by atoms with Gasteiger partial charge in [-0.15, -0.1) is 5.10 Å². The van der Waals surface area contributed by atoms with E-state index in [-0.39, 0.29) is 5.92 Å². The lowest BCUT2D eigenvalue weighted by molar-refractivity contribution is 0.124. The molecule has 13 heavy (non-hydrogen) atoms. The van der Waals surface area contributed by atoms with Crippen molar-refractivity contribution in [2.75, 3.05) is 13.2 Å². The molecule has 0 aromatic carbocycles. The summed E-state index contributed by atoms with van der Waals surface area (Å²) in [4.78, 5) is 0. The zero-order chi connectivity index (χ0) is 9.42. The minimum atomic E-state index is -0.450. The molecule has 0 aliphatic carbocycles. The molecule has 72 valence electrons. The number of aliphatic hydroxyl groups is 1. The average Bonchev–Trinajstić information content (AvgIpc) is 2.60. The second-order valence-electron chi connectivity index (χ2n) is 3.10. The van der Waals surface area contributed by atoms with E-state index in [4.69, 9.17) is 4.74 Å². The van der Waals surface area contributed by atoms with Crippen molar-refractivity contribution in [1.82, 2.24) is 15.0 Å². The zero-order valence-corrected chi connectivity index (χ0v) is 8.73. The topological polar surface area (TPSA) is 60.2 Å². The van der Waals surface area contributed by atoms with Crippen LogP contribution in [0.1, 0.15) is 11.6 Å². The van der Waals surface area contributed by atoms with Gasteiger partial charge < -0.3 is 9.84 Å². The predicted molar refractivity (Wildman–Crippen MR) is 48.3 cm³/mol. The number of nitrogens with zero attached hydrogens (tertiary/aromatic N) is 3. The van der Waals surface area contributed by atoms with Gasteiger partial charge in [-0.2, -0.15) is 0 Å². The molecule has 0 saturated carbocycles. The minimum absolute atomic E-state index is 0.0191. The van der Waals surface area contributed by atoms with Crippen molar-refractivity contribution in [1.29, 1.82) is 0 Å². The molecule has 0 amide bonds. The summed E-state index contributed by atoms with van der Waals surface area (Å²) in [7, 11) is 1.80. The van der Waals surface area contributed by atoms with E-state index in [2.05, 4.69) is 26.2 Å². The largest absolute Gasteiger partial charge is 0.390 e. The first-order chi connectivity index (χ1) is 6.20. The normalized spacial score (nSPS) is 28.2. The van der Waals surface area contributed by atoms with Crippen molar-refractivity contribution in [3.05, 3.63) is 10.3 Å². The molecule has 0 bridgehead atoms. The molecule has 0 radical (unpaired) electrons. The maximum atomic E-state index is 9.59. The van der Waals surface area contributed by atoms with Gasteiger partial charge in [-0.25, -0.2) is 0 Å². The van der Waals surface area contributed by atoms with Gasteiger partial charge in [0.2, 0.25) is 0 Å². The highest BCUT2D eigenvalue weighted by Crippen LogP contribution is 2.29. The Labute approximate surface area is 83.8 Å². The Morgan fingerprint density at radius 2 is 2.38 bits per heavy atom. The van der Waals surface area contributed by atoms with Crippen molar-refractivity contribution in [3.8, 4) is 0 Å². The lowest BCUT2D eigenvalue weighted by atomic mass is 10.0. The van der Waals surface area contributed by atoms with Crippen molar-refractivity contribution in [2.24, 2.45) is 7.05 Å². The first kappa shape index (κ1) is 9.11. The van der Waals surface area contributed by atoms with Crippen LogP contribution in [-0.4, -0.2) is 39.4 Å². The van der Waals surface area contributed by atoms with Crippen molar-refractivity contribution in [3.63, 3.8) is 0 Å². The molecule has 1 fully saturated rings. The minimum Gasteiger partial charge on any atom is -0.390 e. The molecule has 2 heterocycles. The Kier molecular flexibility index (Phi) is 2.35. The summed E-state index contributed by atoms with van der Waals surface area (Å²) in [6.45, 7) is 0.920. The van der Waals surface area contributed by atoms with Gasteiger partial charge in [0, 0.05) is 7.05 Å². The lowest BCUT2D eigenvalue weighted by Gasteiger charge is -2.11. The maximum Gasteiger partial charge on any atom is 0.152 e. The number of hydrogen-bond donors (Lipinski definition) is 1. The molecule has 2 atom stereocenters. The van der Waals surface area contributed by atoms with Crippen molar-refractivity contribution < 1.29 is 9.84 Å². The Hall–Kier alpha value is -0.460. The Morgan fingerprint density at radius 3 is 2.85 bits per heavy atom. The van der Waals surface area contributed by atoms with Crippen LogP contribution in [0.25, 0.3) is 0 Å². The van der Waals surface area contributed by atoms with E-state index >= 15 is 0 Å². The Morgan fingerprint density at radius 1 is 1.62 bits per heavy atom. The van der Waals surface area contributed by atoms with Gasteiger partial charge in [-0.05, 0) is 15.9 Å². The van der Waals surface area contributed by atoms with Crippen molar-refractivity contribution >= 4 is 15.9 Å². The summed E-state index contributed by atoms with van der Waals surface area (Å²) in [5, 5.41) is 17.3. The van der Waals surface area contributed by atoms with Crippen LogP contribution in [0.2, 0.25) is 0 Å². The summed E-state index contributed by atoms with van der Waals surface area (Å²) < 4.78 is 7.51. The van der Waals surface area contributed by atoms with Crippen molar-refractivity contribution in [2.45, 2.75) is 12.0 Å². The molecule has 1 aromatic heterocycles. The molecule has 1 saturated heterocycles. The maximum absolute atomic E-state index is 9.59. The van der Waals surface area contributed by atoms with Crippen LogP contribution in [-0.2, 0) is 11.8 Å². The number of aliphatic hydroxyl groups excluding tert-OH is 1. The van der Waals surface area contributed by atoms with Gasteiger partial charge in [0.05, 0.1) is 30.9 Å². The smallest absolute Gasteiger partial charge is 0.152 e. The summed E-state index contributed by atoms with van der Waals surface area (Å²) in [5.41, 5.74) is 0.894. The van der Waals surface area contributed by atoms with E-state index in [0.29, 0.717) is 17.8 Å². The van der Waals surface area contributed by atoms with Gasteiger partial charge in [-0.1, -0.05) is 5.21 Å². The standard InChI is InChI=1S/C7H10BrN3O2/c1-11-6(7(8)9-10-11)4-2-13-3-5(4)12/h4-5,12H,2-3H2,1H3. The van der Waals surface area contributed by atoms with Gasteiger partial charge in [-0.3, -0.25) is 4.68 Å². The molecule has 1 N–H and O–H groups in total. The summed E-state index contributed by atoms with van der Waals surface area (Å²) in [5.74, 6) is -0.0191. The van der Waals surface area contributed by atoms with E-state index in [1.807, 2.05) is 0 Å². The number of rotatable bonds is 1. The van der Waals surface area contributed by atoms with Gasteiger partial charge in [0.15, 0.2) is 4.60 Å². The van der Waals surface area contributed by atoms with E-state index in [1.165, 1.54) is 0 Å². The second-order valence-corrected chi connectivity index (χ2v) is 3.85. The van der Waals surface area contributed by atoms with Crippen LogP contribution < -0.4 is 0 Å². The summed E-state index contributed by atoms with van der Waals surface area (Å²) >= 11 is 3.29. The summed E-state index contributed by atoms with van der Waals surface area (Å²) in [6.07, 6.45) is -0.450. The molecule has 1 aliphatic rings. The number of hydrogen-bond acceptors (Lipinski definition) is 4. The van der Waals surface area contributed by atoms with E-state index < -0.39 is 6.10 Å². The number of halogens is 1. The van der Waals surface area contributed by atoms with E-state index in [9.17, 15) is 5.11 Å².